The molecule has 7 heteroatoms. The van der Waals surface area contributed by atoms with Crippen LogP contribution < -0.4 is 5.32 Å². The van der Waals surface area contributed by atoms with Crippen molar-refractivity contribution in [1.82, 2.24) is 9.97 Å². The van der Waals surface area contributed by atoms with E-state index in [-0.39, 0.29) is 11.4 Å². The summed E-state index contributed by atoms with van der Waals surface area (Å²) in [7, 11) is 0. The van der Waals surface area contributed by atoms with E-state index in [1.54, 1.807) is 6.92 Å². The Morgan fingerprint density at radius 1 is 1.21 bits per heavy atom. The van der Waals surface area contributed by atoms with Crippen molar-refractivity contribution in [2.75, 3.05) is 5.32 Å². The first-order chi connectivity index (χ1) is 9.06. The van der Waals surface area contributed by atoms with Crippen LogP contribution in [-0.4, -0.2) is 20.8 Å². The smallest absolute Gasteiger partial charge is 0.275 e. The highest BCUT2D eigenvalue weighted by Gasteiger charge is 2.09. The zero-order chi connectivity index (χ0) is 13.8. The van der Waals surface area contributed by atoms with Crippen LogP contribution in [0.25, 0.3) is 0 Å². The number of carbonyl (C=O) groups is 1. The molecule has 2 aromatic rings. The van der Waals surface area contributed by atoms with Crippen molar-refractivity contribution in [2.24, 2.45) is 0 Å². The molecule has 0 saturated carbocycles. The monoisotopic (exact) mass is 258 g/mol. The molecular formula is C12H10N4O3. The van der Waals surface area contributed by atoms with Gasteiger partial charge in [0.2, 0.25) is 0 Å². The van der Waals surface area contributed by atoms with E-state index in [2.05, 4.69) is 15.3 Å². The Balaban J connectivity index is 2.10. The van der Waals surface area contributed by atoms with Crippen molar-refractivity contribution in [2.45, 2.75) is 6.92 Å². The largest absolute Gasteiger partial charge is 0.321 e. The fourth-order valence-corrected chi connectivity index (χ4v) is 1.37. The SMILES string of the molecule is Cc1cnc(C(=O)Nc2ccc([N+](=O)[O-])cc2)cn1. The molecule has 0 fully saturated rings. The van der Waals surface area contributed by atoms with Gasteiger partial charge in [-0.2, -0.15) is 0 Å². The number of non-ortho nitro benzene ring substituents is 1. The lowest BCUT2D eigenvalue weighted by atomic mass is 10.2. The van der Waals surface area contributed by atoms with Crippen LogP contribution in [0.4, 0.5) is 11.4 Å². The van der Waals surface area contributed by atoms with Gasteiger partial charge in [0.15, 0.2) is 0 Å². The second-order valence-corrected chi connectivity index (χ2v) is 3.80. The van der Waals surface area contributed by atoms with E-state index < -0.39 is 10.8 Å². The lowest BCUT2D eigenvalue weighted by molar-refractivity contribution is -0.384. The fourth-order valence-electron chi connectivity index (χ4n) is 1.37. The van der Waals surface area contributed by atoms with Gasteiger partial charge < -0.3 is 5.32 Å². The topological polar surface area (TPSA) is 98.0 Å². The second-order valence-electron chi connectivity index (χ2n) is 3.80. The van der Waals surface area contributed by atoms with E-state index in [1.807, 2.05) is 0 Å². The van der Waals surface area contributed by atoms with Gasteiger partial charge >= 0.3 is 0 Å². The predicted octanol–water partition coefficient (Wildman–Crippen LogP) is 1.95. The lowest BCUT2D eigenvalue weighted by Crippen LogP contribution is -2.14. The van der Waals surface area contributed by atoms with Crippen LogP contribution in [0.3, 0.4) is 0 Å². The number of nitro benzene ring substituents is 1. The van der Waals surface area contributed by atoms with E-state index in [0.29, 0.717) is 11.4 Å². The maximum atomic E-state index is 11.8. The van der Waals surface area contributed by atoms with E-state index in [4.69, 9.17) is 0 Å². The van der Waals surface area contributed by atoms with Crippen molar-refractivity contribution in [3.63, 3.8) is 0 Å². The van der Waals surface area contributed by atoms with E-state index in [1.165, 1.54) is 36.7 Å². The molecule has 0 saturated heterocycles. The number of nitrogens with one attached hydrogen (secondary N) is 1. The first kappa shape index (κ1) is 12.6. The molecule has 1 heterocycles. The van der Waals surface area contributed by atoms with Crippen LogP contribution in [0.15, 0.2) is 36.7 Å². The number of nitro groups is 1. The van der Waals surface area contributed by atoms with Crippen LogP contribution in [-0.2, 0) is 0 Å². The minimum atomic E-state index is -0.503. The summed E-state index contributed by atoms with van der Waals surface area (Å²) >= 11 is 0. The van der Waals surface area contributed by atoms with Gasteiger partial charge in [0.1, 0.15) is 5.69 Å². The number of amides is 1. The van der Waals surface area contributed by atoms with Gasteiger partial charge in [0, 0.05) is 24.0 Å². The van der Waals surface area contributed by atoms with Gasteiger partial charge in [-0.3, -0.25) is 19.9 Å². The van der Waals surface area contributed by atoms with Gasteiger partial charge in [-0.1, -0.05) is 0 Å². The normalized spacial score (nSPS) is 9.95. The minimum Gasteiger partial charge on any atom is -0.321 e. The van der Waals surface area contributed by atoms with Crippen LogP contribution in [0.2, 0.25) is 0 Å². The lowest BCUT2D eigenvalue weighted by Gasteiger charge is -2.04. The van der Waals surface area contributed by atoms with Crippen LogP contribution in [0.1, 0.15) is 16.2 Å². The van der Waals surface area contributed by atoms with Crippen LogP contribution in [0.5, 0.6) is 0 Å². The summed E-state index contributed by atoms with van der Waals surface area (Å²) in [5, 5.41) is 13.1. The highest BCUT2D eigenvalue weighted by Crippen LogP contribution is 2.15. The molecule has 0 radical (unpaired) electrons. The number of aromatic nitrogens is 2. The second kappa shape index (κ2) is 5.21. The third-order valence-electron chi connectivity index (χ3n) is 2.35. The number of nitrogens with zero attached hydrogens (tertiary/aromatic N) is 3. The van der Waals surface area contributed by atoms with Crippen molar-refractivity contribution >= 4 is 17.3 Å². The Morgan fingerprint density at radius 2 is 1.89 bits per heavy atom. The maximum absolute atomic E-state index is 11.8. The maximum Gasteiger partial charge on any atom is 0.275 e. The number of hydrogen-bond donors (Lipinski definition) is 1. The number of carbonyl (C=O) groups excluding carboxylic acids is 1. The van der Waals surface area contributed by atoms with E-state index in [0.717, 1.165) is 0 Å². The molecule has 1 N–H and O–H groups in total. The standard InChI is InChI=1S/C12H10N4O3/c1-8-6-14-11(7-13-8)12(17)15-9-2-4-10(5-3-9)16(18)19/h2-7H,1H3,(H,15,17). The number of rotatable bonds is 3. The molecule has 1 aromatic heterocycles. The molecule has 96 valence electrons. The van der Waals surface area contributed by atoms with Crippen LogP contribution in [0, 0.1) is 17.0 Å². The van der Waals surface area contributed by atoms with E-state index >= 15 is 0 Å². The van der Waals surface area contributed by atoms with Gasteiger partial charge in [-0.25, -0.2) is 4.98 Å². The summed E-state index contributed by atoms with van der Waals surface area (Å²) in [5.41, 5.74) is 1.32. The van der Waals surface area contributed by atoms with Gasteiger partial charge in [-0.05, 0) is 19.1 Å². The first-order valence-electron chi connectivity index (χ1n) is 5.41. The molecule has 0 bridgehead atoms. The number of hydrogen-bond acceptors (Lipinski definition) is 5. The molecule has 0 aliphatic carbocycles. The zero-order valence-electron chi connectivity index (χ0n) is 10.0. The number of aryl methyl sites for hydroxylation is 1. The van der Waals surface area contributed by atoms with Crippen molar-refractivity contribution in [1.29, 1.82) is 0 Å². The number of anilines is 1. The Morgan fingerprint density at radius 3 is 2.42 bits per heavy atom. The highest BCUT2D eigenvalue weighted by atomic mass is 16.6. The molecule has 7 nitrogen and oxygen atoms in total. The van der Waals surface area contributed by atoms with Gasteiger partial charge in [0.25, 0.3) is 11.6 Å². The molecule has 0 aliphatic rings. The van der Waals surface area contributed by atoms with Crippen molar-refractivity contribution < 1.29 is 9.72 Å². The average Bonchev–Trinajstić information content (AvgIpc) is 2.40. The molecule has 1 amide bonds. The predicted molar refractivity (Wildman–Crippen MR) is 67.8 cm³/mol. The zero-order valence-corrected chi connectivity index (χ0v) is 10.0. The minimum absolute atomic E-state index is 0.0341. The summed E-state index contributed by atoms with van der Waals surface area (Å²) < 4.78 is 0. The summed E-state index contributed by atoms with van der Waals surface area (Å²) in [6.45, 7) is 1.77. The Labute approximate surface area is 108 Å². The number of benzene rings is 1. The summed E-state index contributed by atoms with van der Waals surface area (Å²) in [6, 6.07) is 5.54. The highest BCUT2D eigenvalue weighted by molar-refractivity contribution is 6.02. The fraction of sp³-hybridized carbons (Fsp3) is 0.0833. The van der Waals surface area contributed by atoms with Gasteiger partial charge in [-0.15, -0.1) is 0 Å². The van der Waals surface area contributed by atoms with Crippen LogP contribution >= 0.6 is 0 Å². The summed E-state index contributed by atoms with van der Waals surface area (Å²) in [6.07, 6.45) is 2.86. The summed E-state index contributed by atoms with van der Waals surface area (Å²) in [4.78, 5) is 29.7. The van der Waals surface area contributed by atoms with Gasteiger partial charge in [0.05, 0.1) is 16.8 Å². The third kappa shape index (κ3) is 3.09. The molecule has 1 aromatic carbocycles. The van der Waals surface area contributed by atoms with Crippen molar-refractivity contribution in [3.8, 4) is 0 Å². The molecule has 19 heavy (non-hydrogen) atoms. The molecule has 0 aliphatic heterocycles. The Kier molecular flexibility index (Phi) is 3.46. The van der Waals surface area contributed by atoms with Crippen molar-refractivity contribution in [3.05, 3.63) is 58.2 Å². The Bertz CT molecular complexity index is 608. The summed E-state index contributed by atoms with van der Waals surface area (Å²) in [5.74, 6) is -0.415. The molecular weight excluding hydrogens is 248 g/mol. The first-order valence-corrected chi connectivity index (χ1v) is 5.41. The third-order valence-corrected chi connectivity index (χ3v) is 2.35. The molecule has 2 rings (SSSR count). The Hall–Kier alpha value is -2.83. The van der Waals surface area contributed by atoms with E-state index in [9.17, 15) is 14.9 Å². The molecule has 0 spiro atoms. The molecule has 0 unspecified atom stereocenters. The average molecular weight is 258 g/mol. The quantitative estimate of drug-likeness (QED) is 0.670. The molecule has 0 atom stereocenters.